The van der Waals surface area contributed by atoms with Crippen molar-refractivity contribution < 1.29 is 9.59 Å². The number of hydrogen-bond donors (Lipinski definition) is 1. The zero-order valence-electron chi connectivity index (χ0n) is 18.2. The Labute approximate surface area is 183 Å². The van der Waals surface area contributed by atoms with E-state index < -0.39 is 0 Å². The van der Waals surface area contributed by atoms with E-state index in [9.17, 15) is 9.59 Å². The first-order chi connectivity index (χ1) is 15.0. The van der Waals surface area contributed by atoms with Crippen LogP contribution in [0.4, 0.5) is 5.69 Å². The van der Waals surface area contributed by atoms with Crippen molar-refractivity contribution in [2.75, 3.05) is 37.6 Å². The summed E-state index contributed by atoms with van der Waals surface area (Å²) in [6.07, 6.45) is 0. The number of nitrogens with zero attached hydrogens (tertiary/aromatic N) is 2. The van der Waals surface area contributed by atoms with Gasteiger partial charge < -0.3 is 10.2 Å². The van der Waals surface area contributed by atoms with Gasteiger partial charge in [0, 0.05) is 37.4 Å². The smallest absolute Gasteiger partial charge is 0.234 e. The van der Waals surface area contributed by atoms with E-state index in [1.165, 1.54) is 10.8 Å². The van der Waals surface area contributed by atoms with Crippen LogP contribution < -0.4 is 10.2 Å². The van der Waals surface area contributed by atoms with Crippen LogP contribution in [0.5, 0.6) is 0 Å². The Balaban J connectivity index is 1.28. The number of amides is 1. The lowest BCUT2D eigenvalue weighted by Gasteiger charge is -2.36. The van der Waals surface area contributed by atoms with Crippen molar-refractivity contribution in [2.24, 2.45) is 0 Å². The molecule has 1 fully saturated rings. The molecule has 0 aromatic heterocycles. The summed E-state index contributed by atoms with van der Waals surface area (Å²) in [6, 6.07) is 22.3. The van der Waals surface area contributed by atoms with Gasteiger partial charge in [-0.2, -0.15) is 0 Å². The largest absolute Gasteiger partial charge is 0.369 e. The van der Waals surface area contributed by atoms with Crippen LogP contribution in [-0.4, -0.2) is 49.3 Å². The number of benzene rings is 3. The zero-order chi connectivity index (χ0) is 21.8. The van der Waals surface area contributed by atoms with E-state index >= 15 is 0 Å². The first kappa shape index (κ1) is 21.1. The molecular weight excluding hydrogens is 386 g/mol. The molecule has 0 saturated carbocycles. The van der Waals surface area contributed by atoms with Crippen molar-refractivity contribution in [1.82, 2.24) is 10.2 Å². The average molecular weight is 416 g/mol. The van der Waals surface area contributed by atoms with E-state index in [1.54, 1.807) is 6.92 Å². The van der Waals surface area contributed by atoms with Gasteiger partial charge >= 0.3 is 0 Å². The van der Waals surface area contributed by atoms with Gasteiger partial charge in [-0.15, -0.1) is 0 Å². The zero-order valence-corrected chi connectivity index (χ0v) is 18.2. The molecule has 3 aromatic carbocycles. The maximum atomic E-state index is 12.6. The van der Waals surface area contributed by atoms with Crippen molar-refractivity contribution in [3.05, 3.63) is 77.9 Å². The van der Waals surface area contributed by atoms with Crippen LogP contribution in [-0.2, 0) is 4.79 Å². The summed E-state index contributed by atoms with van der Waals surface area (Å²) in [4.78, 5) is 28.6. The number of piperazine rings is 1. The molecule has 0 bridgehead atoms. The Morgan fingerprint density at radius 2 is 1.58 bits per heavy atom. The molecule has 1 amide bonds. The highest BCUT2D eigenvalue weighted by atomic mass is 16.2. The Kier molecular flexibility index (Phi) is 6.33. The van der Waals surface area contributed by atoms with Crippen LogP contribution in [0.1, 0.15) is 35.8 Å². The normalized spacial score (nSPS) is 15.6. The first-order valence-corrected chi connectivity index (χ1v) is 10.9. The number of Topliss-reactive ketones (excluding diaryl/α,β-unsaturated/α-hetero) is 1. The third kappa shape index (κ3) is 5.12. The molecule has 31 heavy (non-hydrogen) atoms. The Bertz CT molecular complexity index is 1070. The van der Waals surface area contributed by atoms with Gasteiger partial charge in [-0.3, -0.25) is 14.5 Å². The van der Waals surface area contributed by atoms with E-state index in [2.05, 4.69) is 45.4 Å². The molecule has 1 heterocycles. The van der Waals surface area contributed by atoms with E-state index in [0.717, 1.165) is 43.0 Å². The summed E-state index contributed by atoms with van der Waals surface area (Å²) in [7, 11) is 0. The Hall–Kier alpha value is -3.18. The highest BCUT2D eigenvalue weighted by Gasteiger charge is 2.20. The van der Waals surface area contributed by atoms with E-state index in [-0.39, 0.29) is 17.7 Å². The van der Waals surface area contributed by atoms with Crippen molar-refractivity contribution in [3.63, 3.8) is 0 Å². The first-order valence-electron chi connectivity index (χ1n) is 10.9. The molecule has 3 aromatic rings. The average Bonchev–Trinajstić information content (AvgIpc) is 2.79. The summed E-state index contributed by atoms with van der Waals surface area (Å²) in [6.45, 7) is 7.44. The second-order valence-electron chi connectivity index (χ2n) is 8.26. The lowest BCUT2D eigenvalue weighted by Crippen LogP contribution is -2.49. The fraction of sp³-hybridized carbons (Fsp3) is 0.308. The molecule has 1 saturated heterocycles. The van der Waals surface area contributed by atoms with Crippen molar-refractivity contribution in [3.8, 4) is 0 Å². The lowest BCUT2D eigenvalue weighted by atomic mass is 10.0. The number of carbonyl (C=O) groups is 2. The van der Waals surface area contributed by atoms with Gasteiger partial charge in [0.05, 0.1) is 12.6 Å². The van der Waals surface area contributed by atoms with E-state index in [0.29, 0.717) is 6.54 Å². The van der Waals surface area contributed by atoms with Crippen molar-refractivity contribution >= 4 is 28.2 Å². The van der Waals surface area contributed by atoms with Crippen LogP contribution in [0.25, 0.3) is 10.8 Å². The molecule has 0 spiro atoms. The van der Waals surface area contributed by atoms with Gasteiger partial charge in [-0.1, -0.05) is 36.4 Å². The van der Waals surface area contributed by atoms with Crippen molar-refractivity contribution in [2.45, 2.75) is 19.9 Å². The van der Waals surface area contributed by atoms with Gasteiger partial charge in [0.1, 0.15) is 0 Å². The molecule has 4 rings (SSSR count). The number of hydrogen-bond acceptors (Lipinski definition) is 4. The molecule has 0 aliphatic carbocycles. The maximum Gasteiger partial charge on any atom is 0.234 e. The quantitative estimate of drug-likeness (QED) is 0.618. The predicted molar refractivity (Wildman–Crippen MR) is 126 cm³/mol. The molecular formula is C26H29N3O2. The van der Waals surface area contributed by atoms with Gasteiger partial charge in [-0.25, -0.2) is 0 Å². The van der Waals surface area contributed by atoms with Gasteiger partial charge in [0.15, 0.2) is 5.78 Å². The molecule has 1 atom stereocenters. The topological polar surface area (TPSA) is 52.7 Å². The second kappa shape index (κ2) is 9.31. The van der Waals surface area contributed by atoms with Crippen molar-refractivity contribution in [1.29, 1.82) is 0 Å². The van der Waals surface area contributed by atoms with E-state index in [1.807, 2.05) is 43.3 Å². The number of fused-ring (bicyclic) bond motifs is 1. The van der Waals surface area contributed by atoms with Gasteiger partial charge in [-0.05, 0) is 60.5 Å². The van der Waals surface area contributed by atoms with Crippen LogP contribution in [0.2, 0.25) is 0 Å². The minimum absolute atomic E-state index is 0.0295. The van der Waals surface area contributed by atoms with E-state index in [4.69, 9.17) is 0 Å². The monoisotopic (exact) mass is 415 g/mol. The standard InChI is InChI=1S/C26H29N3O2/c1-19(23-8-7-22-5-3-4-6-24(22)17-23)27-26(31)18-28-13-15-29(16-14-28)25-11-9-21(10-12-25)20(2)30/h3-12,17,19H,13-16,18H2,1-2H3,(H,27,31)/t19-/m1/s1. The minimum atomic E-state index is -0.0295. The number of ketones is 1. The highest BCUT2D eigenvalue weighted by Crippen LogP contribution is 2.21. The molecule has 5 nitrogen and oxygen atoms in total. The van der Waals surface area contributed by atoms with Crippen LogP contribution in [0.15, 0.2) is 66.7 Å². The minimum Gasteiger partial charge on any atom is -0.369 e. The molecule has 5 heteroatoms. The SMILES string of the molecule is CC(=O)c1ccc(N2CCN(CC(=O)N[C@H](C)c3ccc4ccccc4c3)CC2)cc1. The second-order valence-corrected chi connectivity index (χ2v) is 8.26. The molecule has 1 N–H and O–H groups in total. The third-order valence-electron chi connectivity index (χ3n) is 6.03. The van der Waals surface area contributed by atoms with Crippen LogP contribution in [0.3, 0.4) is 0 Å². The third-order valence-corrected chi connectivity index (χ3v) is 6.03. The summed E-state index contributed by atoms with van der Waals surface area (Å²) in [5.41, 5.74) is 2.98. The summed E-state index contributed by atoms with van der Waals surface area (Å²) >= 11 is 0. The Morgan fingerprint density at radius 1 is 0.903 bits per heavy atom. The number of rotatable bonds is 6. The lowest BCUT2D eigenvalue weighted by molar-refractivity contribution is -0.123. The Morgan fingerprint density at radius 3 is 2.26 bits per heavy atom. The molecule has 160 valence electrons. The number of carbonyl (C=O) groups excluding carboxylic acids is 2. The summed E-state index contributed by atoms with van der Waals surface area (Å²) in [5.74, 6) is 0.139. The molecule has 1 aliphatic rings. The van der Waals surface area contributed by atoms with Crippen LogP contribution in [0, 0.1) is 0 Å². The highest BCUT2D eigenvalue weighted by molar-refractivity contribution is 5.94. The summed E-state index contributed by atoms with van der Waals surface area (Å²) < 4.78 is 0. The summed E-state index contributed by atoms with van der Waals surface area (Å²) in [5, 5.41) is 5.54. The fourth-order valence-electron chi connectivity index (χ4n) is 4.12. The molecule has 1 aliphatic heterocycles. The van der Waals surface area contributed by atoms with Gasteiger partial charge in [0.25, 0.3) is 0 Å². The van der Waals surface area contributed by atoms with Crippen LogP contribution >= 0.6 is 0 Å². The molecule has 0 radical (unpaired) electrons. The predicted octanol–water partition coefficient (Wildman–Crippen LogP) is 4.04. The number of anilines is 1. The fourth-order valence-corrected chi connectivity index (χ4v) is 4.12. The maximum absolute atomic E-state index is 12.6. The van der Waals surface area contributed by atoms with Gasteiger partial charge in [0.2, 0.25) is 5.91 Å². The number of nitrogens with one attached hydrogen (secondary N) is 1. The molecule has 0 unspecified atom stereocenters.